The van der Waals surface area contributed by atoms with Crippen molar-refractivity contribution in [3.8, 4) is 22.7 Å². The van der Waals surface area contributed by atoms with Crippen LogP contribution >= 0.6 is 0 Å². The molecule has 16 nitrogen and oxygen atoms in total. The van der Waals surface area contributed by atoms with Gasteiger partial charge in [-0.15, -0.1) is 0 Å². The molecule has 0 unspecified atom stereocenters. The highest BCUT2D eigenvalue weighted by molar-refractivity contribution is 7.88. The zero-order chi connectivity index (χ0) is 41.3. The summed E-state index contributed by atoms with van der Waals surface area (Å²) in [5.74, 6) is -1.25. The molecule has 1 N–H and O–H groups in total. The van der Waals surface area contributed by atoms with Crippen LogP contribution in [0.4, 0.5) is 24.8 Å². The number of hydrogen-bond acceptors (Lipinski definition) is 12. The number of likely N-dealkylation sites (N-methyl/N-ethyl adjacent to an activating group) is 1. The molecule has 9 rings (SSSR count). The topological polar surface area (TPSA) is 166 Å². The molecule has 4 aromatic heterocycles. The van der Waals surface area contributed by atoms with Gasteiger partial charge < -0.3 is 29.2 Å². The van der Waals surface area contributed by atoms with Crippen molar-refractivity contribution in [1.29, 1.82) is 0 Å². The van der Waals surface area contributed by atoms with Gasteiger partial charge in [-0.2, -0.15) is 5.10 Å². The van der Waals surface area contributed by atoms with E-state index in [4.69, 9.17) is 14.5 Å². The van der Waals surface area contributed by atoms with Gasteiger partial charge in [-0.3, -0.25) is 4.79 Å². The molecule has 3 aliphatic rings. The molecule has 0 aliphatic carbocycles. The van der Waals surface area contributed by atoms with E-state index in [1.807, 2.05) is 34.6 Å². The number of pyridine rings is 1. The number of methoxy groups -OCH3 is 1. The predicted octanol–water partition coefficient (Wildman–Crippen LogP) is 3.77. The van der Waals surface area contributed by atoms with Gasteiger partial charge in [0.2, 0.25) is 15.9 Å². The second kappa shape index (κ2) is 14.8. The number of benzene rings is 2. The Kier molecular flexibility index (Phi) is 9.66. The van der Waals surface area contributed by atoms with Crippen molar-refractivity contribution in [2.75, 3.05) is 63.4 Å². The van der Waals surface area contributed by atoms with Crippen LogP contribution in [-0.4, -0.2) is 129 Å². The number of carbonyl (C=O) groups excluding carboxylic acids is 1. The van der Waals surface area contributed by atoms with Crippen LogP contribution in [0.5, 0.6) is 5.75 Å². The van der Waals surface area contributed by atoms with E-state index in [9.17, 15) is 17.6 Å². The highest BCUT2D eigenvalue weighted by Gasteiger charge is 2.41. The summed E-state index contributed by atoms with van der Waals surface area (Å²) in [6.45, 7) is 3.14. The maximum atomic E-state index is 15.7. The molecule has 7 heterocycles. The fraction of sp³-hybridized carbons (Fsp3) is 0.385. The summed E-state index contributed by atoms with van der Waals surface area (Å²) in [5, 5.41) is 8.35. The quantitative estimate of drug-likeness (QED) is 0.248. The molecule has 0 saturated carbocycles. The predicted molar refractivity (Wildman–Crippen MR) is 211 cm³/mol. The van der Waals surface area contributed by atoms with Gasteiger partial charge in [-0.1, -0.05) is 6.07 Å². The second-order valence-corrected chi connectivity index (χ2v) is 17.3. The highest BCUT2D eigenvalue weighted by atomic mass is 32.2. The summed E-state index contributed by atoms with van der Waals surface area (Å²) in [6, 6.07) is 9.02. The summed E-state index contributed by atoms with van der Waals surface area (Å²) in [4.78, 5) is 36.6. The average Bonchev–Trinajstić information content (AvgIpc) is 3.87. The molecule has 2 saturated heterocycles. The molecule has 3 atom stereocenters. The number of amides is 1. The number of fused-ring (bicyclic) bond motifs is 6. The lowest BCUT2D eigenvalue weighted by molar-refractivity contribution is -0.132. The van der Waals surface area contributed by atoms with Crippen LogP contribution in [-0.2, 0) is 26.1 Å². The Hall–Kier alpha value is -5.86. The number of nitrogens with zero attached hydrogens (tertiary/aromatic N) is 10. The first-order chi connectivity index (χ1) is 28.2. The Morgan fingerprint density at radius 2 is 1.78 bits per heavy atom. The van der Waals surface area contributed by atoms with Crippen molar-refractivity contribution in [3.05, 3.63) is 78.3 Å². The van der Waals surface area contributed by atoms with Gasteiger partial charge in [0.25, 0.3) is 0 Å². The lowest BCUT2D eigenvalue weighted by Gasteiger charge is -2.36. The number of anilines is 2. The first-order valence-electron chi connectivity index (χ1n) is 19.0. The summed E-state index contributed by atoms with van der Waals surface area (Å²) < 4.78 is 85.4. The maximum absolute atomic E-state index is 15.7. The lowest BCUT2D eigenvalue weighted by atomic mass is 10.1. The number of halogens is 3. The third-order valence-corrected chi connectivity index (χ3v) is 12.5. The number of nitrogens with one attached hydrogen (secondary N) is 1. The van der Waals surface area contributed by atoms with Gasteiger partial charge in [0, 0.05) is 76.1 Å². The molecular weight excluding hydrogens is 792 g/mol. The number of aryl methyl sites for hydroxylation is 1. The molecule has 20 heteroatoms. The largest absolute Gasteiger partial charge is 0.491 e. The van der Waals surface area contributed by atoms with Crippen LogP contribution in [0.25, 0.3) is 39.0 Å². The molecule has 2 fully saturated rings. The van der Waals surface area contributed by atoms with Gasteiger partial charge in [0.1, 0.15) is 47.2 Å². The van der Waals surface area contributed by atoms with Crippen molar-refractivity contribution in [3.63, 3.8) is 0 Å². The molecule has 0 radical (unpaired) electrons. The van der Waals surface area contributed by atoms with Crippen molar-refractivity contribution in [2.24, 2.45) is 5.92 Å². The van der Waals surface area contributed by atoms with E-state index in [1.165, 1.54) is 33.6 Å². The van der Waals surface area contributed by atoms with Crippen LogP contribution in [0.2, 0.25) is 0 Å². The Balaban J connectivity index is 1.07. The minimum absolute atomic E-state index is 0.0121. The SMILES string of the molecule is CO[C@@H]1CN(C)C(=O)[C@@H]2C[C@@H](CN2c2ncnc3c2cnn3-c2c(F)cc(F)cc2OCC2CN(S(C)(=O)=O)C2)Nc2cccc(n2)-c2cc(F)cc3nc(C)n(c23)C1. The van der Waals surface area contributed by atoms with Crippen LogP contribution in [0.1, 0.15) is 12.2 Å². The molecule has 0 spiro atoms. The Labute approximate surface area is 336 Å². The lowest BCUT2D eigenvalue weighted by Crippen LogP contribution is -2.51. The van der Waals surface area contributed by atoms with Gasteiger partial charge in [-0.25, -0.2) is 50.5 Å². The van der Waals surface area contributed by atoms with Crippen molar-refractivity contribution in [2.45, 2.75) is 38.1 Å². The first kappa shape index (κ1) is 38.6. The van der Waals surface area contributed by atoms with Crippen molar-refractivity contribution >= 4 is 49.6 Å². The number of ether oxygens (including phenoxy) is 2. The third-order valence-electron chi connectivity index (χ3n) is 11.2. The Morgan fingerprint density at radius 3 is 2.56 bits per heavy atom. The van der Waals surface area contributed by atoms with Crippen molar-refractivity contribution < 1.29 is 35.9 Å². The van der Waals surface area contributed by atoms with E-state index in [2.05, 4.69) is 25.4 Å². The zero-order valence-corrected chi connectivity index (χ0v) is 33.3. The monoisotopic (exact) mass is 831 g/mol. The van der Waals surface area contributed by atoms with Crippen LogP contribution < -0.4 is 15.0 Å². The highest BCUT2D eigenvalue weighted by Crippen LogP contribution is 2.37. The van der Waals surface area contributed by atoms with Crippen LogP contribution in [0.3, 0.4) is 0 Å². The molecular formula is C39H40F3N11O5S. The first-order valence-corrected chi connectivity index (χ1v) is 20.8. The molecule has 59 heavy (non-hydrogen) atoms. The zero-order valence-electron chi connectivity index (χ0n) is 32.5. The fourth-order valence-corrected chi connectivity index (χ4v) is 9.26. The number of aromatic nitrogens is 7. The Bertz CT molecular complexity index is 2740. The third kappa shape index (κ3) is 7.07. The molecule has 3 aliphatic heterocycles. The number of hydrogen-bond donors (Lipinski definition) is 1. The van der Waals surface area contributed by atoms with Gasteiger partial charge >= 0.3 is 0 Å². The van der Waals surface area contributed by atoms with E-state index >= 15 is 8.78 Å². The smallest absolute Gasteiger partial charge is 0.245 e. The van der Waals surface area contributed by atoms with E-state index in [0.717, 1.165) is 18.4 Å². The normalized spacial score (nSPS) is 20.5. The molecule has 4 bridgehead atoms. The summed E-state index contributed by atoms with van der Waals surface area (Å²) in [5.41, 5.74) is 2.28. The minimum Gasteiger partial charge on any atom is -0.491 e. The number of imidazole rings is 1. The van der Waals surface area contributed by atoms with E-state index in [0.29, 0.717) is 64.6 Å². The molecule has 1 amide bonds. The molecule has 2 aromatic carbocycles. The van der Waals surface area contributed by atoms with Crippen LogP contribution in [0.15, 0.2) is 55.0 Å². The minimum atomic E-state index is -3.36. The number of carbonyl (C=O) groups is 1. The number of rotatable bonds is 7. The number of sulfonamides is 1. The van der Waals surface area contributed by atoms with E-state index < -0.39 is 39.6 Å². The molecule has 6 aromatic rings. The second-order valence-electron chi connectivity index (χ2n) is 15.3. The van der Waals surface area contributed by atoms with E-state index in [1.54, 1.807) is 19.1 Å². The summed E-state index contributed by atoms with van der Waals surface area (Å²) in [6.07, 6.45) is 3.75. The van der Waals surface area contributed by atoms with E-state index in [-0.39, 0.29) is 61.2 Å². The maximum Gasteiger partial charge on any atom is 0.245 e. The summed E-state index contributed by atoms with van der Waals surface area (Å²) >= 11 is 0. The Morgan fingerprint density at radius 1 is 0.983 bits per heavy atom. The van der Waals surface area contributed by atoms with Gasteiger partial charge in [-0.05, 0) is 31.5 Å². The van der Waals surface area contributed by atoms with Crippen molar-refractivity contribution in [1.82, 2.24) is 43.5 Å². The summed E-state index contributed by atoms with van der Waals surface area (Å²) in [7, 11) is -0.0686. The van der Waals surface area contributed by atoms with Gasteiger partial charge in [0.15, 0.2) is 17.2 Å². The van der Waals surface area contributed by atoms with Gasteiger partial charge in [0.05, 0.1) is 53.8 Å². The molecule has 308 valence electrons. The average molecular weight is 832 g/mol. The fourth-order valence-electron chi connectivity index (χ4n) is 8.30. The standard InChI is InChI=1S/C39H40F3N11O5S/c1-21-46-31-10-23(40)8-27-30-6-5-7-34(48-30)47-25-12-32(39(54)49(2)17-26(57-3)18-51(21)35(27)31)52(16-25)37-28-13-45-53(38(28)44-20-43-37)36-29(42)9-24(41)11-33(36)58-19-22-14-50(15-22)59(4,55)56/h5-11,13,20,22,25-26,32H,12,14-19H2,1-4H3,(H,47,48)/t25-,26+,32-/m0/s1. The van der Waals surface area contributed by atoms with Crippen LogP contribution in [0, 0.1) is 30.3 Å².